The summed E-state index contributed by atoms with van der Waals surface area (Å²) < 4.78 is 5.75. The largest absolute Gasteiger partial charge is 0.489 e. The number of nitrogens with one attached hydrogen (secondary N) is 1. The summed E-state index contributed by atoms with van der Waals surface area (Å²) in [6, 6.07) is 17.1. The van der Waals surface area contributed by atoms with Crippen LogP contribution in [-0.2, 0) is 6.61 Å². The standard InChI is InChI=1S/C21H23NO3/c23-20-17-7-6-16(12-17)19(20)22-21(24)15-8-10-18(11-9-15)25-13-14-4-2-1-3-5-14/h1-5,8-11,16-17,19-20,23H,6-7,12-13H2,(H,22,24). The lowest BCUT2D eigenvalue weighted by atomic mass is 9.92. The van der Waals surface area contributed by atoms with E-state index in [0.717, 1.165) is 30.6 Å². The van der Waals surface area contributed by atoms with Crippen LogP contribution in [0.3, 0.4) is 0 Å². The fourth-order valence-corrected chi connectivity index (χ4v) is 4.14. The summed E-state index contributed by atoms with van der Waals surface area (Å²) in [5.41, 5.74) is 1.71. The Balaban J connectivity index is 1.34. The molecule has 0 heterocycles. The van der Waals surface area contributed by atoms with Gasteiger partial charge in [-0.05, 0) is 60.9 Å². The van der Waals surface area contributed by atoms with Crippen LogP contribution in [0.1, 0.15) is 35.2 Å². The molecular weight excluding hydrogens is 314 g/mol. The molecule has 130 valence electrons. The Morgan fingerprint density at radius 3 is 2.44 bits per heavy atom. The number of fused-ring (bicyclic) bond motifs is 2. The molecule has 2 bridgehead atoms. The second-order valence-electron chi connectivity index (χ2n) is 7.12. The normalized spacial score (nSPS) is 27.2. The summed E-state index contributed by atoms with van der Waals surface area (Å²) in [6.45, 7) is 0.504. The second kappa shape index (κ2) is 6.89. The van der Waals surface area contributed by atoms with Gasteiger partial charge in [-0.1, -0.05) is 30.3 Å². The van der Waals surface area contributed by atoms with Gasteiger partial charge in [0.15, 0.2) is 0 Å². The maximum absolute atomic E-state index is 12.5. The molecule has 25 heavy (non-hydrogen) atoms. The van der Waals surface area contributed by atoms with E-state index >= 15 is 0 Å². The molecule has 2 fully saturated rings. The zero-order valence-corrected chi connectivity index (χ0v) is 14.1. The molecule has 2 aromatic rings. The monoisotopic (exact) mass is 337 g/mol. The first kappa shape index (κ1) is 16.2. The van der Waals surface area contributed by atoms with Gasteiger partial charge in [0.25, 0.3) is 5.91 Å². The molecule has 0 saturated heterocycles. The maximum atomic E-state index is 12.5. The van der Waals surface area contributed by atoms with Crippen LogP contribution in [0.5, 0.6) is 5.75 Å². The number of rotatable bonds is 5. The first-order chi connectivity index (χ1) is 12.2. The smallest absolute Gasteiger partial charge is 0.251 e. The molecule has 4 unspecified atom stereocenters. The van der Waals surface area contributed by atoms with E-state index in [-0.39, 0.29) is 11.9 Å². The number of carbonyl (C=O) groups is 1. The van der Waals surface area contributed by atoms with E-state index in [0.29, 0.717) is 24.0 Å². The Morgan fingerprint density at radius 1 is 1.04 bits per heavy atom. The van der Waals surface area contributed by atoms with Crippen molar-refractivity contribution >= 4 is 5.91 Å². The van der Waals surface area contributed by atoms with Gasteiger partial charge < -0.3 is 15.2 Å². The van der Waals surface area contributed by atoms with Gasteiger partial charge in [0.2, 0.25) is 0 Å². The SMILES string of the molecule is O=C(NC1C2CCC(C2)C1O)c1ccc(OCc2ccccc2)cc1. The van der Waals surface area contributed by atoms with Crippen molar-refractivity contribution in [3.63, 3.8) is 0 Å². The van der Waals surface area contributed by atoms with Crippen molar-refractivity contribution in [3.8, 4) is 5.75 Å². The molecule has 0 radical (unpaired) electrons. The van der Waals surface area contributed by atoms with Gasteiger partial charge >= 0.3 is 0 Å². The second-order valence-corrected chi connectivity index (χ2v) is 7.12. The first-order valence-electron chi connectivity index (χ1n) is 8.96. The molecule has 4 rings (SSSR count). The Kier molecular flexibility index (Phi) is 4.45. The van der Waals surface area contributed by atoms with Crippen molar-refractivity contribution in [2.75, 3.05) is 0 Å². The summed E-state index contributed by atoms with van der Waals surface area (Å²) in [5.74, 6) is 1.41. The molecule has 2 saturated carbocycles. The third kappa shape index (κ3) is 3.40. The van der Waals surface area contributed by atoms with Crippen LogP contribution >= 0.6 is 0 Å². The van der Waals surface area contributed by atoms with Gasteiger partial charge in [0.05, 0.1) is 12.1 Å². The number of hydrogen-bond acceptors (Lipinski definition) is 3. The number of ether oxygens (including phenoxy) is 1. The molecule has 2 aliphatic carbocycles. The third-order valence-electron chi connectivity index (χ3n) is 5.54. The van der Waals surface area contributed by atoms with Gasteiger partial charge in [-0.25, -0.2) is 0 Å². The van der Waals surface area contributed by atoms with Crippen LogP contribution in [0.25, 0.3) is 0 Å². The molecule has 4 heteroatoms. The molecule has 2 N–H and O–H groups in total. The number of aliphatic hydroxyl groups is 1. The zero-order valence-electron chi connectivity index (χ0n) is 14.1. The van der Waals surface area contributed by atoms with Crippen molar-refractivity contribution in [2.45, 2.75) is 38.0 Å². The van der Waals surface area contributed by atoms with Crippen molar-refractivity contribution in [3.05, 3.63) is 65.7 Å². The summed E-state index contributed by atoms with van der Waals surface area (Å²) >= 11 is 0. The Morgan fingerprint density at radius 2 is 1.76 bits per heavy atom. The van der Waals surface area contributed by atoms with E-state index in [9.17, 15) is 9.90 Å². The van der Waals surface area contributed by atoms with E-state index in [2.05, 4.69) is 5.32 Å². The van der Waals surface area contributed by atoms with E-state index < -0.39 is 6.10 Å². The van der Waals surface area contributed by atoms with E-state index in [4.69, 9.17) is 4.74 Å². The average molecular weight is 337 g/mol. The highest BCUT2D eigenvalue weighted by molar-refractivity contribution is 5.94. The molecule has 1 amide bonds. The highest BCUT2D eigenvalue weighted by Gasteiger charge is 2.47. The number of benzene rings is 2. The highest BCUT2D eigenvalue weighted by atomic mass is 16.5. The Bertz CT molecular complexity index is 727. The van der Waals surface area contributed by atoms with Crippen LogP contribution in [0.2, 0.25) is 0 Å². The van der Waals surface area contributed by atoms with E-state index in [1.54, 1.807) is 12.1 Å². The van der Waals surface area contributed by atoms with Crippen LogP contribution in [0.15, 0.2) is 54.6 Å². The van der Waals surface area contributed by atoms with Crippen LogP contribution < -0.4 is 10.1 Å². The van der Waals surface area contributed by atoms with E-state index in [1.165, 1.54) is 0 Å². The predicted molar refractivity (Wildman–Crippen MR) is 95.3 cm³/mol. The molecule has 4 nitrogen and oxygen atoms in total. The van der Waals surface area contributed by atoms with Gasteiger partial charge in [-0.15, -0.1) is 0 Å². The Labute approximate surface area is 147 Å². The molecule has 0 aliphatic heterocycles. The zero-order chi connectivity index (χ0) is 17.2. The topological polar surface area (TPSA) is 58.6 Å². The quantitative estimate of drug-likeness (QED) is 0.881. The minimum absolute atomic E-state index is 0.0970. The lowest BCUT2D eigenvalue weighted by molar-refractivity contribution is 0.0660. The van der Waals surface area contributed by atoms with Gasteiger partial charge in [0, 0.05) is 5.56 Å². The third-order valence-corrected chi connectivity index (χ3v) is 5.54. The van der Waals surface area contributed by atoms with Crippen molar-refractivity contribution < 1.29 is 14.6 Å². The lowest BCUT2D eigenvalue weighted by Gasteiger charge is -2.28. The lowest BCUT2D eigenvalue weighted by Crippen LogP contribution is -2.46. The summed E-state index contributed by atoms with van der Waals surface area (Å²) in [5, 5.41) is 13.3. The van der Waals surface area contributed by atoms with Crippen LogP contribution in [-0.4, -0.2) is 23.2 Å². The van der Waals surface area contributed by atoms with Gasteiger partial charge in [-0.2, -0.15) is 0 Å². The molecule has 0 aromatic heterocycles. The van der Waals surface area contributed by atoms with Crippen molar-refractivity contribution in [2.24, 2.45) is 11.8 Å². The molecule has 0 spiro atoms. The molecule has 2 aliphatic rings. The van der Waals surface area contributed by atoms with Crippen LogP contribution in [0, 0.1) is 11.8 Å². The van der Waals surface area contributed by atoms with Gasteiger partial charge in [0.1, 0.15) is 12.4 Å². The summed E-state index contributed by atoms with van der Waals surface area (Å²) in [6.07, 6.45) is 2.85. The fourth-order valence-electron chi connectivity index (χ4n) is 4.14. The minimum Gasteiger partial charge on any atom is -0.489 e. The van der Waals surface area contributed by atoms with Crippen molar-refractivity contribution in [1.82, 2.24) is 5.32 Å². The molecular formula is C21H23NO3. The number of carbonyl (C=O) groups excluding carboxylic acids is 1. The number of aliphatic hydroxyl groups excluding tert-OH is 1. The maximum Gasteiger partial charge on any atom is 0.251 e. The summed E-state index contributed by atoms with van der Waals surface area (Å²) in [4.78, 5) is 12.5. The molecule has 2 aromatic carbocycles. The van der Waals surface area contributed by atoms with Crippen molar-refractivity contribution in [1.29, 1.82) is 0 Å². The Hall–Kier alpha value is -2.33. The average Bonchev–Trinajstić information content (AvgIpc) is 3.24. The van der Waals surface area contributed by atoms with E-state index in [1.807, 2.05) is 42.5 Å². The number of hydrogen-bond donors (Lipinski definition) is 2. The predicted octanol–water partition coefficient (Wildman–Crippen LogP) is 3.15. The minimum atomic E-state index is -0.392. The first-order valence-corrected chi connectivity index (χ1v) is 8.96. The molecule has 4 atom stereocenters. The highest BCUT2D eigenvalue weighted by Crippen LogP contribution is 2.44. The van der Waals surface area contributed by atoms with Crippen LogP contribution in [0.4, 0.5) is 0 Å². The summed E-state index contributed by atoms with van der Waals surface area (Å²) in [7, 11) is 0. The van der Waals surface area contributed by atoms with Gasteiger partial charge in [-0.3, -0.25) is 4.79 Å². The number of amides is 1. The fraction of sp³-hybridized carbons (Fsp3) is 0.381.